The topological polar surface area (TPSA) is 41.1 Å². The second-order valence-electron chi connectivity index (χ2n) is 4.92. The number of hydrogen-bond donors (Lipinski definition) is 2. The molecule has 0 aliphatic heterocycles. The zero-order valence-corrected chi connectivity index (χ0v) is 10.9. The zero-order chi connectivity index (χ0) is 13.8. The van der Waals surface area contributed by atoms with Gasteiger partial charge in [0.05, 0.1) is 6.54 Å². The van der Waals surface area contributed by atoms with Crippen molar-refractivity contribution >= 4 is 11.6 Å². The van der Waals surface area contributed by atoms with Gasteiger partial charge in [-0.3, -0.25) is 4.79 Å². The van der Waals surface area contributed by atoms with Gasteiger partial charge >= 0.3 is 0 Å². The summed E-state index contributed by atoms with van der Waals surface area (Å²) in [7, 11) is 0. The van der Waals surface area contributed by atoms with Crippen LogP contribution in [0.25, 0.3) is 0 Å². The lowest BCUT2D eigenvalue weighted by atomic mass is 10.2. The highest BCUT2D eigenvalue weighted by molar-refractivity contribution is 5.92. The van der Waals surface area contributed by atoms with Gasteiger partial charge in [-0.05, 0) is 30.9 Å². The molecule has 2 atom stereocenters. The quantitative estimate of drug-likeness (QED) is 0.833. The molecule has 0 radical (unpaired) electrons. The molecular formula is C14H18F2N2O. The Balaban J connectivity index is 1.79. The summed E-state index contributed by atoms with van der Waals surface area (Å²) in [5.74, 6) is -1.30. The van der Waals surface area contributed by atoms with Crippen LogP contribution in [-0.4, -0.2) is 18.5 Å². The molecule has 104 valence electrons. The average Bonchev–Trinajstić information content (AvgIpc) is 3.11. The summed E-state index contributed by atoms with van der Waals surface area (Å²) < 4.78 is 26.6. The SMILES string of the molecule is CCCC1CC1NCC(=O)Nc1c(F)cccc1F. The largest absolute Gasteiger partial charge is 0.320 e. The maximum Gasteiger partial charge on any atom is 0.238 e. The van der Waals surface area contributed by atoms with Crippen LogP contribution < -0.4 is 10.6 Å². The second kappa shape index (κ2) is 6.10. The van der Waals surface area contributed by atoms with Crippen LogP contribution in [0.2, 0.25) is 0 Å². The first-order valence-electron chi connectivity index (χ1n) is 6.59. The van der Waals surface area contributed by atoms with E-state index in [9.17, 15) is 13.6 Å². The molecule has 2 rings (SSSR count). The van der Waals surface area contributed by atoms with E-state index in [2.05, 4.69) is 17.6 Å². The van der Waals surface area contributed by atoms with Gasteiger partial charge in [-0.25, -0.2) is 8.78 Å². The fraction of sp³-hybridized carbons (Fsp3) is 0.500. The number of carbonyl (C=O) groups excluding carboxylic acids is 1. The number of nitrogens with one attached hydrogen (secondary N) is 2. The number of halogens is 2. The minimum atomic E-state index is -0.761. The van der Waals surface area contributed by atoms with Crippen LogP contribution in [-0.2, 0) is 4.79 Å². The van der Waals surface area contributed by atoms with Crippen molar-refractivity contribution in [1.82, 2.24) is 5.32 Å². The maximum absolute atomic E-state index is 13.3. The molecule has 0 heterocycles. The van der Waals surface area contributed by atoms with Crippen LogP contribution in [0.15, 0.2) is 18.2 Å². The van der Waals surface area contributed by atoms with Crippen LogP contribution in [0.4, 0.5) is 14.5 Å². The molecule has 3 nitrogen and oxygen atoms in total. The van der Waals surface area contributed by atoms with Crippen molar-refractivity contribution in [3.63, 3.8) is 0 Å². The molecule has 1 aromatic rings. The first-order chi connectivity index (χ1) is 9.11. The van der Waals surface area contributed by atoms with E-state index in [-0.39, 0.29) is 12.2 Å². The summed E-state index contributed by atoms with van der Waals surface area (Å²) in [6, 6.07) is 3.86. The summed E-state index contributed by atoms with van der Waals surface area (Å²) >= 11 is 0. The predicted octanol–water partition coefficient (Wildman–Crippen LogP) is 2.68. The van der Waals surface area contributed by atoms with Crippen LogP contribution in [0, 0.1) is 17.6 Å². The van der Waals surface area contributed by atoms with Gasteiger partial charge in [0.2, 0.25) is 5.91 Å². The van der Waals surface area contributed by atoms with E-state index >= 15 is 0 Å². The molecular weight excluding hydrogens is 250 g/mol. The minimum absolute atomic E-state index is 0.0820. The smallest absolute Gasteiger partial charge is 0.238 e. The number of benzene rings is 1. The molecule has 1 amide bonds. The van der Waals surface area contributed by atoms with Crippen molar-refractivity contribution in [3.05, 3.63) is 29.8 Å². The number of anilines is 1. The monoisotopic (exact) mass is 268 g/mol. The van der Waals surface area contributed by atoms with Gasteiger partial charge in [0.15, 0.2) is 0 Å². The maximum atomic E-state index is 13.3. The number of rotatable bonds is 6. The predicted molar refractivity (Wildman–Crippen MR) is 69.8 cm³/mol. The Morgan fingerprint density at radius 3 is 2.68 bits per heavy atom. The highest BCUT2D eigenvalue weighted by Gasteiger charge is 2.35. The molecule has 1 saturated carbocycles. The van der Waals surface area contributed by atoms with E-state index in [1.54, 1.807) is 0 Å². The molecule has 1 aliphatic rings. The molecule has 1 aliphatic carbocycles. The Morgan fingerprint density at radius 2 is 2.05 bits per heavy atom. The van der Waals surface area contributed by atoms with Crippen molar-refractivity contribution in [3.8, 4) is 0 Å². The summed E-state index contributed by atoms with van der Waals surface area (Å²) in [4.78, 5) is 11.6. The van der Waals surface area contributed by atoms with Crippen LogP contribution in [0.5, 0.6) is 0 Å². The molecule has 0 spiro atoms. The first kappa shape index (κ1) is 13.9. The molecule has 19 heavy (non-hydrogen) atoms. The summed E-state index contributed by atoms with van der Waals surface area (Å²) in [6.07, 6.45) is 3.37. The van der Waals surface area contributed by atoms with Gasteiger partial charge < -0.3 is 10.6 Å². The second-order valence-corrected chi connectivity index (χ2v) is 4.92. The van der Waals surface area contributed by atoms with E-state index in [1.165, 1.54) is 6.07 Å². The zero-order valence-electron chi connectivity index (χ0n) is 10.9. The van der Waals surface area contributed by atoms with Gasteiger partial charge in [0, 0.05) is 6.04 Å². The lowest BCUT2D eigenvalue weighted by Gasteiger charge is -2.08. The van der Waals surface area contributed by atoms with E-state index < -0.39 is 17.5 Å². The third-order valence-electron chi connectivity index (χ3n) is 3.33. The van der Waals surface area contributed by atoms with E-state index in [0.717, 1.165) is 31.4 Å². The normalized spacial score (nSPS) is 21.2. The molecule has 5 heteroatoms. The number of amides is 1. The molecule has 0 bridgehead atoms. The fourth-order valence-corrected chi connectivity index (χ4v) is 2.21. The number of hydrogen-bond acceptors (Lipinski definition) is 2. The van der Waals surface area contributed by atoms with Gasteiger partial charge in [0.25, 0.3) is 0 Å². The van der Waals surface area contributed by atoms with Crippen LogP contribution in [0.3, 0.4) is 0 Å². The lowest BCUT2D eigenvalue weighted by Crippen LogP contribution is -2.30. The molecule has 0 aromatic heterocycles. The van der Waals surface area contributed by atoms with E-state index in [4.69, 9.17) is 0 Å². The molecule has 1 aromatic carbocycles. The average molecular weight is 268 g/mol. The molecule has 0 saturated heterocycles. The third-order valence-corrected chi connectivity index (χ3v) is 3.33. The summed E-state index contributed by atoms with van der Waals surface area (Å²) in [5, 5.41) is 5.35. The van der Waals surface area contributed by atoms with Crippen molar-refractivity contribution < 1.29 is 13.6 Å². The number of para-hydroxylation sites is 1. The van der Waals surface area contributed by atoms with Gasteiger partial charge in [0.1, 0.15) is 17.3 Å². The van der Waals surface area contributed by atoms with Gasteiger partial charge in [-0.15, -0.1) is 0 Å². The standard InChI is InChI=1S/C14H18F2N2O/c1-2-4-9-7-12(9)17-8-13(19)18-14-10(15)5-3-6-11(14)16/h3,5-6,9,12,17H,2,4,7-8H2,1H3,(H,18,19). The Kier molecular flexibility index (Phi) is 4.47. The van der Waals surface area contributed by atoms with Gasteiger partial charge in [-0.1, -0.05) is 19.4 Å². The summed E-state index contributed by atoms with van der Waals surface area (Å²) in [6.45, 7) is 2.21. The van der Waals surface area contributed by atoms with Crippen molar-refractivity contribution in [2.45, 2.75) is 32.2 Å². The summed E-state index contributed by atoms with van der Waals surface area (Å²) in [5.41, 5.74) is -0.379. The molecule has 1 fully saturated rings. The minimum Gasteiger partial charge on any atom is -0.320 e. The number of carbonyl (C=O) groups is 1. The van der Waals surface area contributed by atoms with Crippen LogP contribution in [0.1, 0.15) is 26.2 Å². The van der Waals surface area contributed by atoms with Crippen molar-refractivity contribution in [1.29, 1.82) is 0 Å². The van der Waals surface area contributed by atoms with E-state index in [1.807, 2.05) is 0 Å². The van der Waals surface area contributed by atoms with Crippen molar-refractivity contribution in [2.24, 2.45) is 5.92 Å². The Hall–Kier alpha value is -1.49. The highest BCUT2D eigenvalue weighted by atomic mass is 19.1. The Labute approximate surface area is 111 Å². The Morgan fingerprint density at radius 1 is 1.37 bits per heavy atom. The molecule has 2 N–H and O–H groups in total. The Bertz CT molecular complexity index is 445. The first-order valence-corrected chi connectivity index (χ1v) is 6.59. The van der Waals surface area contributed by atoms with Crippen LogP contribution >= 0.6 is 0 Å². The molecule has 2 unspecified atom stereocenters. The lowest BCUT2D eigenvalue weighted by molar-refractivity contribution is -0.115. The third kappa shape index (κ3) is 3.73. The fourth-order valence-electron chi connectivity index (χ4n) is 2.21. The highest BCUT2D eigenvalue weighted by Crippen LogP contribution is 2.34. The van der Waals surface area contributed by atoms with Crippen molar-refractivity contribution in [2.75, 3.05) is 11.9 Å². The van der Waals surface area contributed by atoms with E-state index in [0.29, 0.717) is 12.0 Å². The van der Waals surface area contributed by atoms with Gasteiger partial charge in [-0.2, -0.15) is 0 Å².